The monoisotopic (exact) mass is 283 g/mol. The Kier molecular flexibility index (Phi) is 5.02. The minimum absolute atomic E-state index is 0.00611. The fourth-order valence-electron chi connectivity index (χ4n) is 3.76. The molecule has 2 aliphatic rings. The van der Waals surface area contributed by atoms with Crippen molar-refractivity contribution in [1.82, 2.24) is 5.32 Å². The van der Waals surface area contributed by atoms with Crippen LogP contribution in [0.4, 0.5) is 0 Å². The predicted molar refractivity (Wildman–Crippen MR) is 74.0 cm³/mol. The maximum atomic E-state index is 12.4. The van der Waals surface area contributed by atoms with Crippen LogP contribution in [0.5, 0.6) is 0 Å². The van der Waals surface area contributed by atoms with Gasteiger partial charge >= 0.3 is 5.97 Å². The third-order valence-electron chi connectivity index (χ3n) is 4.92. The van der Waals surface area contributed by atoms with Crippen molar-refractivity contribution >= 4 is 11.9 Å². The SMILES string of the molecule is CC1CC(C(=O)O)C(C(=O)NC2CCCCC2CO)C1. The molecule has 0 bridgehead atoms. The fourth-order valence-corrected chi connectivity index (χ4v) is 3.76. The molecule has 5 atom stereocenters. The van der Waals surface area contributed by atoms with Gasteiger partial charge in [0.25, 0.3) is 0 Å². The molecule has 0 saturated heterocycles. The van der Waals surface area contributed by atoms with E-state index in [1.165, 1.54) is 0 Å². The van der Waals surface area contributed by atoms with Crippen molar-refractivity contribution in [2.45, 2.75) is 51.5 Å². The lowest BCUT2D eigenvalue weighted by Crippen LogP contribution is -2.46. The van der Waals surface area contributed by atoms with Crippen LogP contribution in [0.15, 0.2) is 0 Å². The molecule has 2 aliphatic carbocycles. The summed E-state index contributed by atoms with van der Waals surface area (Å²) in [5.41, 5.74) is 0. The zero-order valence-corrected chi connectivity index (χ0v) is 12.0. The number of carboxylic acid groups (broad SMARTS) is 1. The van der Waals surface area contributed by atoms with Crippen molar-refractivity contribution in [2.24, 2.45) is 23.7 Å². The van der Waals surface area contributed by atoms with Crippen LogP contribution in [0.25, 0.3) is 0 Å². The van der Waals surface area contributed by atoms with Crippen LogP contribution in [0.3, 0.4) is 0 Å². The molecule has 2 saturated carbocycles. The van der Waals surface area contributed by atoms with Gasteiger partial charge in [0.2, 0.25) is 5.91 Å². The molecule has 5 unspecified atom stereocenters. The van der Waals surface area contributed by atoms with Gasteiger partial charge in [0.1, 0.15) is 0 Å². The maximum absolute atomic E-state index is 12.4. The molecular formula is C15H25NO4. The van der Waals surface area contributed by atoms with Gasteiger partial charge in [0, 0.05) is 18.6 Å². The summed E-state index contributed by atoms with van der Waals surface area (Å²) in [5, 5.41) is 21.6. The first kappa shape index (κ1) is 15.3. The number of hydrogen-bond donors (Lipinski definition) is 3. The van der Waals surface area contributed by atoms with E-state index in [9.17, 15) is 19.8 Å². The highest BCUT2D eigenvalue weighted by atomic mass is 16.4. The number of carboxylic acids is 1. The normalized spacial score (nSPS) is 37.6. The van der Waals surface area contributed by atoms with Gasteiger partial charge in [-0.1, -0.05) is 19.8 Å². The first-order valence-corrected chi connectivity index (χ1v) is 7.67. The number of hydrogen-bond acceptors (Lipinski definition) is 3. The first-order chi connectivity index (χ1) is 9.52. The van der Waals surface area contributed by atoms with Gasteiger partial charge in [-0.2, -0.15) is 0 Å². The Morgan fingerprint density at radius 1 is 1.15 bits per heavy atom. The van der Waals surface area contributed by atoms with Crippen LogP contribution in [-0.4, -0.2) is 34.7 Å². The minimum atomic E-state index is -0.864. The van der Waals surface area contributed by atoms with Crippen LogP contribution >= 0.6 is 0 Å². The summed E-state index contributed by atoms with van der Waals surface area (Å²) in [5.74, 6) is -1.56. The van der Waals surface area contributed by atoms with E-state index in [0.29, 0.717) is 12.8 Å². The smallest absolute Gasteiger partial charge is 0.307 e. The van der Waals surface area contributed by atoms with Crippen molar-refractivity contribution in [3.63, 3.8) is 0 Å². The van der Waals surface area contributed by atoms with Crippen molar-refractivity contribution in [1.29, 1.82) is 0 Å². The molecule has 3 N–H and O–H groups in total. The Labute approximate surface area is 119 Å². The van der Waals surface area contributed by atoms with E-state index < -0.39 is 17.8 Å². The van der Waals surface area contributed by atoms with Gasteiger partial charge in [-0.25, -0.2) is 0 Å². The number of carbonyl (C=O) groups excluding carboxylic acids is 1. The Balaban J connectivity index is 1.98. The number of rotatable bonds is 4. The number of aliphatic carboxylic acids is 1. The third kappa shape index (κ3) is 3.32. The minimum Gasteiger partial charge on any atom is -0.481 e. The van der Waals surface area contributed by atoms with E-state index in [-0.39, 0.29) is 30.4 Å². The molecule has 0 heterocycles. The molecular weight excluding hydrogens is 258 g/mol. The molecule has 5 heteroatoms. The second kappa shape index (κ2) is 6.57. The summed E-state index contributed by atoms with van der Waals surface area (Å²) < 4.78 is 0. The van der Waals surface area contributed by atoms with Gasteiger partial charge in [-0.15, -0.1) is 0 Å². The van der Waals surface area contributed by atoms with Crippen LogP contribution in [0, 0.1) is 23.7 Å². The zero-order chi connectivity index (χ0) is 14.7. The first-order valence-electron chi connectivity index (χ1n) is 7.67. The fraction of sp³-hybridized carbons (Fsp3) is 0.867. The van der Waals surface area contributed by atoms with Crippen LogP contribution in [-0.2, 0) is 9.59 Å². The van der Waals surface area contributed by atoms with Crippen LogP contribution in [0.1, 0.15) is 45.4 Å². The summed E-state index contributed by atoms with van der Waals surface area (Å²) in [6.45, 7) is 2.09. The predicted octanol–water partition coefficient (Wildman–Crippen LogP) is 1.40. The highest BCUT2D eigenvalue weighted by Crippen LogP contribution is 2.37. The van der Waals surface area contributed by atoms with Crippen molar-refractivity contribution in [3.8, 4) is 0 Å². The van der Waals surface area contributed by atoms with Crippen LogP contribution in [0.2, 0.25) is 0 Å². The van der Waals surface area contributed by atoms with E-state index in [1.807, 2.05) is 6.92 Å². The lowest BCUT2D eigenvalue weighted by molar-refractivity contribution is -0.146. The molecule has 2 fully saturated rings. The molecule has 2 rings (SSSR count). The van der Waals surface area contributed by atoms with Crippen molar-refractivity contribution in [3.05, 3.63) is 0 Å². The molecule has 5 nitrogen and oxygen atoms in total. The number of carbonyl (C=O) groups is 2. The Bertz CT molecular complexity index is 371. The van der Waals surface area contributed by atoms with Gasteiger partial charge < -0.3 is 15.5 Å². The highest BCUT2D eigenvalue weighted by Gasteiger charge is 2.42. The number of aliphatic hydroxyl groups excluding tert-OH is 1. The van der Waals surface area contributed by atoms with Gasteiger partial charge in [0.05, 0.1) is 11.8 Å². The molecule has 0 radical (unpaired) electrons. The quantitative estimate of drug-likeness (QED) is 0.728. The second-order valence-corrected chi connectivity index (χ2v) is 6.47. The average Bonchev–Trinajstić information content (AvgIpc) is 2.82. The second-order valence-electron chi connectivity index (χ2n) is 6.47. The number of amides is 1. The number of nitrogens with one attached hydrogen (secondary N) is 1. The van der Waals surface area contributed by atoms with E-state index in [0.717, 1.165) is 25.7 Å². The molecule has 1 amide bonds. The maximum Gasteiger partial charge on any atom is 0.307 e. The van der Waals surface area contributed by atoms with E-state index in [4.69, 9.17) is 0 Å². The largest absolute Gasteiger partial charge is 0.481 e. The van der Waals surface area contributed by atoms with Crippen molar-refractivity contribution in [2.75, 3.05) is 6.61 Å². The Morgan fingerprint density at radius 3 is 2.45 bits per heavy atom. The van der Waals surface area contributed by atoms with Crippen molar-refractivity contribution < 1.29 is 19.8 Å². The average molecular weight is 283 g/mol. The summed E-state index contributed by atoms with van der Waals surface area (Å²) in [6, 6.07) is 0.00611. The third-order valence-corrected chi connectivity index (χ3v) is 4.92. The topological polar surface area (TPSA) is 86.6 Å². The lowest BCUT2D eigenvalue weighted by atomic mass is 9.84. The summed E-state index contributed by atoms with van der Waals surface area (Å²) in [6.07, 6.45) is 5.21. The summed E-state index contributed by atoms with van der Waals surface area (Å²) in [4.78, 5) is 23.6. The standard InChI is InChI=1S/C15H25NO4/c1-9-6-11(12(7-9)15(19)20)14(18)16-13-5-3-2-4-10(13)8-17/h9-13,17H,2-8H2,1H3,(H,16,18)(H,19,20). The highest BCUT2D eigenvalue weighted by molar-refractivity contribution is 5.85. The molecule has 0 aliphatic heterocycles. The zero-order valence-electron chi connectivity index (χ0n) is 12.0. The van der Waals surface area contributed by atoms with E-state index in [1.54, 1.807) is 0 Å². The Hall–Kier alpha value is -1.10. The molecule has 0 aromatic carbocycles. The lowest BCUT2D eigenvalue weighted by Gasteiger charge is -2.32. The summed E-state index contributed by atoms with van der Waals surface area (Å²) >= 11 is 0. The van der Waals surface area contributed by atoms with E-state index in [2.05, 4.69) is 5.32 Å². The molecule has 0 spiro atoms. The van der Waals surface area contributed by atoms with Gasteiger partial charge in [-0.3, -0.25) is 9.59 Å². The van der Waals surface area contributed by atoms with Gasteiger partial charge in [0.15, 0.2) is 0 Å². The van der Waals surface area contributed by atoms with Gasteiger partial charge in [-0.05, 0) is 31.6 Å². The molecule has 0 aromatic heterocycles. The van der Waals surface area contributed by atoms with Crippen LogP contribution < -0.4 is 5.32 Å². The molecule has 0 aromatic rings. The summed E-state index contributed by atoms with van der Waals surface area (Å²) in [7, 11) is 0. The molecule has 114 valence electrons. The number of aliphatic hydroxyl groups is 1. The van der Waals surface area contributed by atoms with E-state index >= 15 is 0 Å². The molecule has 20 heavy (non-hydrogen) atoms. The Morgan fingerprint density at radius 2 is 1.80 bits per heavy atom.